The van der Waals surface area contributed by atoms with Crippen molar-refractivity contribution in [3.8, 4) is 5.75 Å². The molecule has 0 aliphatic heterocycles. The summed E-state index contributed by atoms with van der Waals surface area (Å²) in [6.07, 6.45) is -1.12. The molecular formula is C11H13ClO4. The van der Waals surface area contributed by atoms with Crippen LogP contribution in [0.2, 0.25) is 5.02 Å². The molecule has 1 atom stereocenters. The van der Waals surface area contributed by atoms with E-state index in [0.717, 1.165) is 0 Å². The van der Waals surface area contributed by atoms with E-state index in [4.69, 9.17) is 16.3 Å². The summed E-state index contributed by atoms with van der Waals surface area (Å²) in [5, 5.41) is 10.2. The van der Waals surface area contributed by atoms with Crippen LogP contribution in [0.4, 0.5) is 0 Å². The first kappa shape index (κ1) is 12.8. The second-order valence-electron chi connectivity index (χ2n) is 3.16. The van der Waals surface area contributed by atoms with Gasteiger partial charge in [-0.2, -0.15) is 0 Å². The number of halogens is 1. The minimum atomic E-state index is -0.985. The third kappa shape index (κ3) is 2.87. The first-order valence-electron chi connectivity index (χ1n) is 4.67. The minimum Gasteiger partial charge on any atom is -0.495 e. The van der Waals surface area contributed by atoms with Crippen LogP contribution in [0.25, 0.3) is 0 Å². The molecule has 5 heteroatoms. The quantitative estimate of drug-likeness (QED) is 0.823. The Morgan fingerprint density at radius 1 is 1.50 bits per heavy atom. The van der Waals surface area contributed by atoms with Gasteiger partial charge in [0, 0.05) is 5.56 Å². The maximum absolute atomic E-state index is 11.0. The normalized spacial score (nSPS) is 12.0. The van der Waals surface area contributed by atoms with Gasteiger partial charge in [-0.25, -0.2) is 0 Å². The molecular weight excluding hydrogens is 232 g/mol. The summed E-state index contributed by atoms with van der Waals surface area (Å²) in [7, 11) is 2.72. The van der Waals surface area contributed by atoms with E-state index in [9.17, 15) is 9.90 Å². The first-order valence-corrected chi connectivity index (χ1v) is 5.05. The molecule has 0 saturated heterocycles. The van der Waals surface area contributed by atoms with Crippen LogP contribution in [0.1, 0.15) is 18.1 Å². The Morgan fingerprint density at radius 2 is 2.19 bits per heavy atom. The Labute approximate surface area is 98.7 Å². The molecule has 0 aliphatic rings. The fourth-order valence-corrected chi connectivity index (χ4v) is 1.61. The van der Waals surface area contributed by atoms with E-state index in [1.54, 1.807) is 18.2 Å². The van der Waals surface area contributed by atoms with Crippen LogP contribution in [0.15, 0.2) is 18.2 Å². The van der Waals surface area contributed by atoms with E-state index < -0.39 is 12.1 Å². The van der Waals surface area contributed by atoms with Crippen LogP contribution in [-0.4, -0.2) is 25.3 Å². The highest BCUT2D eigenvalue weighted by Gasteiger charge is 2.18. The topological polar surface area (TPSA) is 55.8 Å². The van der Waals surface area contributed by atoms with E-state index in [2.05, 4.69) is 4.74 Å². The van der Waals surface area contributed by atoms with Gasteiger partial charge < -0.3 is 14.6 Å². The van der Waals surface area contributed by atoms with Crippen LogP contribution in [0, 0.1) is 0 Å². The number of esters is 1. The Hall–Kier alpha value is -1.26. The van der Waals surface area contributed by atoms with Gasteiger partial charge in [-0.3, -0.25) is 4.79 Å². The molecule has 0 bridgehead atoms. The van der Waals surface area contributed by atoms with Crippen molar-refractivity contribution in [1.29, 1.82) is 0 Å². The van der Waals surface area contributed by atoms with Gasteiger partial charge in [0.15, 0.2) is 0 Å². The maximum atomic E-state index is 11.0. The smallest absolute Gasteiger partial charge is 0.308 e. The average molecular weight is 245 g/mol. The van der Waals surface area contributed by atoms with Crippen molar-refractivity contribution < 1.29 is 19.4 Å². The summed E-state index contributed by atoms with van der Waals surface area (Å²) in [5.41, 5.74) is 0.473. The summed E-state index contributed by atoms with van der Waals surface area (Å²) < 4.78 is 9.54. The molecule has 1 aromatic carbocycles. The van der Waals surface area contributed by atoms with Gasteiger partial charge in [0.2, 0.25) is 0 Å². The number of carbonyl (C=O) groups excluding carboxylic acids is 1. The van der Waals surface area contributed by atoms with Crippen LogP contribution >= 0.6 is 11.6 Å². The molecule has 0 spiro atoms. The molecule has 0 unspecified atom stereocenters. The van der Waals surface area contributed by atoms with Gasteiger partial charge in [-0.05, 0) is 6.07 Å². The fourth-order valence-electron chi connectivity index (χ4n) is 1.35. The number of hydrogen-bond acceptors (Lipinski definition) is 4. The number of hydrogen-bond donors (Lipinski definition) is 1. The number of aliphatic hydroxyl groups is 1. The van der Waals surface area contributed by atoms with Crippen molar-refractivity contribution in [3.05, 3.63) is 28.8 Å². The lowest BCUT2D eigenvalue weighted by Gasteiger charge is -2.14. The highest BCUT2D eigenvalue weighted by atomic mass is 35.5. The predicted octanol–water partition coefficient (Wildman–Crippen LogP) is 1.95. The molecule has 1 rings (SSSR count). The number of ether oxygens (including phenoxy) is 2. The van der Waals surface area contributed by atoms with Gasteiger partial charge in [0.25, 0.3) is 0 Å². The highest BCUT2D eigenvalue weighted by molar-refractivity contribution is 6.32. The van der Waals surface area contributed by atoms with Crippen molar-refractivity contribution in [2.24, 2.45) is 0 Å². The molecule has 0 fully saturated rings. The second-order valence-corrected chi connectivity index (χ2v) is 3.57. The molecule has 0 amide bonds. The molecule has 16 heavy (non-hydrogen) atoms. The molecule has 1 aromatic rings. The Bertz CT molecular complexity index is 378. The van der Waals surface area contributed by atoms with Crippen molar-refractivity contribution in [2.75, 3.05) is 14.2 Å². The first-order chi connectivity index (χ1) is 7.60. The summed E-state index contributed by atoms with van der Waals surface area (Å²) in [6.45, 7) is 0. The standard InChI is InChI=1S/C11H13ClO4/c1-15-10(14)6-9(13)7-4-3-5-8(12)11(7)16-2/h3-5,9,13H,6H2,1-2H3/t9-/m0/s1. The van der Waals surface area contributed by atoms with Gasteiger partial charge >= 0.3 is 5.97 Å². The van der Waals surface area contributed by atoms with Gasteiger partial charge in [0.1, 0.15) is 5.75 Å². The van der Waals surface area contributed by atoms with Crippen molar-refractivity contribution >= 4 is 17.6 Å². The predicted molar refractivity (Wildman–Crippen MR) is 59.6 cm³/mol. The second kappa shape index (κ2) is 5.72. The highest BCUT2D eigenvalue weighted by Crippen LogP contribution is 2.33. The summed E-state index contributed by atoms with van der Waals surface area (Å²) >= 11 is 5.89. The summed E-state index contributed by atoms with van der Waals surface area (Å²) in [6, 6.07) is 4.98. The third-order valence-corrected chi connectivity index (χ3v) is 2.45. The minimum absolute atomic E-state index is 0.132. The number of rotatable bonds is 4. The SMILES string of the molecule is COC(=O)C[C@H](O)c1cccc(Cl)c1OC. The lowest BCUT2D eigenvalue weighted by molar-refractivity contribution is -0.142. The molecule has 0 radical (unpaired) electrons. The van der Waals surface area contributed by atoms with Crippen LogP contribution in [0.3, 0.4) is 0 Å². The van der Waals surface area contributed by atoms with E-state index in [1.807, 2.05) is 0 Å². The number of benzene rings is 1. The fraction of sp³-hybridized carbons (Fsp3) is 0.364. The molecule has 1 N–H and O–H groups in total. The zero-order chi connectivity index (χ0) is 12.1. The molecule has 0 aliphatic carbocycles. The van der Waals surface area contributed by atoms with Crippen LogP contribution in [-0.2, 0) is 9.53 Å². The summed E-state index contributed by atoms with van der Waals surface area (Å²) in [4.78, 5) is 11.0. The molecule has 0 heterocycles. The van der Waals surface area contributed by atoms with Crippen molar-refractivity contribution in [2.45, 2.75) is 12.5 Å². The van der Waals surface area contributed by atoms with Gasteiger partial charge in [0.05, 0.1) is 31.8 Å². The van der Waals surface area contributed by atoms with E-state index in [0.29, 0.717) is 16.3 Å². The molecule has 0 saturated carbocycles. The lowest BCUT2D eigenvalue weighted by Crippen LogP contribution is -2.09. The van der Waals surface area contributed by atoms with E-state index >= 15 is 0 Å². The van der Waals surface area contributed by atoms with Gasteiger partial charge in [-0.1, -0.05) is 23.7 Å². The Kier molecular flexibility index (Phi) is 4.58. The zero-order valence-corrected chi connectivity index (χ0v) is 9.82. The van der Waals surface area contributed by atoms with Crippen LogP contribution in [0.5, 0.6) is 5.75 Å². The van der Waals surface area contributed by atoms with Crippen molar-refractivity contribution in [1.82, 2.24) is 0 Å². The van der Waals surface area contributed by atoms with E-state index in [-0.39, 0.29) is 6.42 Å². The van der Waals surface area contributed by atoms with Crippen LogP contribution < -0.4 is 4.74 Å². The summed E-state index contributed by atoms with van der Waals surface area (Å²) in [5.74, 6) is -0.116. The monoisotopic (exact) mass is 244 g/mol. The van der Waals surface area contributed by atoms with Gasteiger partial charge in [-0.15, -0.1) is 0 Å². The Balaban J connectivity index is 2.94. The lowest BCUT2D eigenvalue weighted by atomic mass is 10.1. The Morgan fingerprint density at radius 3 is 2.75 bits per heavy atom. The molecule has 88 valence electrons. The largest absolute Gasteiger partial charge is 0.495 e. The zero-order valence-electron chi connectivity index (χ0n) is 9.07. The number of aliphatic hydroxyl groups excluding tert-OH is 1. The maximum Gasteiger partial charge on any atom is 0.308 e. The third-order valence-electron chi connectivity index (χ3n) is 2.15. The number of methoxy groups -OCH3 is 2. The van der Waals surface area contributed by atoms with Crippen molar-refractivity contribution in [3.63, 3.8) is 0 Å². The average Bonchev–Trinajstić information content (AvgIpc) is 2.28. The number of para-hydroxylation sites is 1. The molecule has 4 nitrogen and oxygen atoms in total. The molecule has 0 aromatic heterocycles. The van der Waals surface area contributed by atoms with E-state index in [1.165, 1.54) is 14.2 Å². The number of carbonyl (C=O) groups is 1.